The molecule has 12 atom stereocenters. The highest BCUT2D eigenvalue weighted by Gasteiger charge is 2.26. The predicted molar refractivity (Wildman–Crippen MR) is 308 cm³/mol. The molecule has 76 heavy (non-hydrogen) atoms. The van der Waals surface area contributed by atoms with E-state index >= 15 is 0 Å². The van der Waals surface area contributed by atoms with Crippen molar-refractivity contribution >= 4 is 110 Å². The lowest BCUT2D eigenvalue weighted by molar-refractivity contribution is -0.152. The summed E-state index contributed by atoms with van der Waals surface area (Å²) in [5.41, 5.74) is 0. The van der Waals surface area contributed by atoms with E-state index in [1.165, 1.54) is 55.1 Å². The Hall–Kier alpha value is 0.200. The van der Waals surface area contributed by atoms with Crippen LogP contribution in [0.4, 0.5) is 0 Å². The number of esters is 4. The highest BCUT2D eigenvalue weighted by atomic mass is 33.1. The van der Waals surface area contributed by atoms with Crippen LogP contribution in [-0.4, -0.2) is 231 Å². The van der Waals surface area contributed by atoms with Gasteiger partial charge >= 0.3 is 23.9 Å². The maximum atomic E-state index is 11.5. The number of rotatable bonds is 36. The van der Waals surface area contributed by atoms with Crippen LogP contribution in [-0.2, 0) is 38.1 Å². The van der Waals surface area contributed by atoms with Crippen LogP contribution in [0.3, 0.4) is 0 Å². The van der Waals surface area contributed by atoms with E-state index in [9.17, 15) is 39.6 Å². The van der Waals surface area contributed by atoms with E-state index in [0.29, 0.717) is 24.5 Å². The third-order valence-electron chi connectivity index (χ3n) is 11.7. The van der Waals surface area contributed by atoms with Crippen molar-refractivity contribution in [3.05, 3.63) is 0 Å². The molecular formula is C48H88O20S8. The van der Waals surface area contributed by atoms with Crippen LogP contribution < -0.4 is 0 Å². The average molecular weight is 1240 g/mol. The van der Waals surface area contributed by atoms with Crippen LogP contribution in [0.1, 0.15) is 128 Å². The largest absolute Gasteiger partial charge is 0.463 e. The normalized spacial score (nSPS) is 22.2. The van der Waals surface area contributed by atoms with Crippen molar-refractivity contribution in [2.24, 2.45) is 0 Å². The number of hydrogen-bond donors (Lipinski definition) is 12. The average Bonchev–Trinajstić information content (AvgIpc) is 4.31. The second-order valence-electron chi connectivity index (χ2n) is 18.3. The minimum absolute atomic E-state index is 0.107. The molecule has 0 saturated carbocycles. The molecule has 448 valence electrons. The molecule has 0 radical (unpaired) electrons. The van der Waals surface area contributed by atoms with Crippen molar-refractivity contribution in [1.82, 2.24) is 0 Å². The minimum atomic E-state index is -1.53. The van der Waals surface area contributed by atoms with Gasteiger partial charge in [-0.1, -0.05) is 112 Å². The number of carbonyl (C=O) groups excluding carboxylic acids is 4. The van der Waals surface area contributed by atoms with Crippen LogP contribution in [0.5, 0.6) is 0 Å². The Bertz CT molecular complexity index is 1400. The Kier molecular flexibility index (Phi) is 47.6. The zero-order valence-electron chi connectivity index (χ0n) is 43.5. The molecule has 28 heteroatoms. The predicted octanol–water partition coefficient (Wildman–Crippen LogP) is 3.83. The molecule has 0 amide bonds. The first kappa shape index (κ1) is 74.2. The number of unbranched alkanes of at least 4 members (excludes halogenated alkanes) is 4. The van der Waals surface area contributed by atoms with Crippen LogP contribution in [0.15, 0.2) is 0 Å². The van der Waals surface area contributed by atoms with Gasteiger partial charge in [-0.15, -0.1) is 0 Å². The lowest BCUT2D eigenvalue weighted by Crippen LogP contribution is -2.42. The zero-order valence-corrected chi connectivity index (χ0v) is 50.0. The first-order chi connectivity index (χ1) is 36.5. The van der Waals surface area contributed by atoms with E-state index < -0.39 is 74.6 Å². The van der Waals surface area contributed by atoms with Gasteiger partial charge in [0.25, 0.3) is 0 Å². The maximum absolute atomic E-state index is 11.5. The summed E-state index contributed by atoms with van der Waals surface area (Å²) in [6, 6.07) is 0. The third kappa shape index (κ3) is 39.6. The van der Waals surface area contributed by atoms with Crippen molar-refractivity contribution in [1.29, 1.82) is 0 Å². The summed E-state index contributed by atoms with van der Waals surface area (Å²) in [5.74, 6) is 3.47. The van der Waals surface area contributed by atoms with E-state index in [1.807, 2.05) is 86.4 Å². The summed E-state index contributed by atoms with van der Waals surface area (Å²) in [4.78, 5) is 45.4. The van der Waals surface area contributed by atoms with Gasteiger partial charge < -0.3 is 80.2 Å². The maximum Gasteiger partial charge on any atom is 0.305 e. The van der Waals surface area contributed by atoms with Crippen LogP contribution >= 0.6 is 86.4 Å². The molecular weight excluding hydrogens is 1150 g/mol. The van der Waals surface area contributed by atoms with Gasteiger partial charge in [-0.25, -0.2) is 0 Å². The SMILES string of the molecule is O=C(CCCC[C@@H]1CCSS1)OCC(O)CO.O=C(CCCC[C@@H]1CCSS1)OC[C@@H](O)[C@@H](O)CO.O=C(CCCC[C@@H]1CCSS1)OC[C@H](O)[C@H](O)CO.O=C(CCCC[C@@H]1CCSS1)OC[C@H](O)[C@H](O)[C@H](O)CO. The third-order valence-corrected chi connectivity index (χ3v) is 23.7. The van der Waals surface area contributed by atoms with E-state index in [-0.39, 0.29) is 57.4 Å². The zero-order chi connectivity index (χ0) is 56.4. The van der Waals surface area contributed by atoms with E-state index in [1.54, 1.807) is 0 Å². The highest BCUT2D eigenvalue weighted by Crippen LogP contribution is 2.42. The van der Waals surface area contributed by atoms with E-state index in [2.05, 4.69) is 0 Å². The van der Waals surface area contributed by atoms with Crippen molar-refractivity contribution in [2.45, 2.75) is 198 Å². The fraction of sp³-hybridized carbons (Fsp3) is 0.917. The van der Waals surface area contributed by atoms with Crippen LogP contribution in [0, 0.1) is 0 Å². The highest BCUT2D eigenvalue weighted by molar-refractivity contribution is 8.78. The van der Waals surface area contributed by atoms with Crippen LogP contribution in [0.25, 0.3) is 0 Å². The summed E-state index contributed by atoms with van der Waals surface area (Å²) < 4.78 is 19.3. The quantitative estimate of drug-likeness (QED) is 0.0183. The van der Waals surface area contributed by atoms with Crippen molar-refractivity contribution in [3.8, 4) is 0 Å². The Balaban J connectivity index is 0.000000508. The molecule has 0 aromatic carbocycles. The summed E-state index contributed by atoms with van der Waals surface area (Å²) in [6.45, 7) is -3.15. The number of carbonyl (C=O) groups is 4. The number of ether oxygens (including phenoxy) is 4. The van der Waals surface area contributed by atoms with Gasteiger partial charge in [-0.3, -0.25) is 19.2 Å². The summed E-state index contributed by atoms with van der Waals surface area (Å²) >= 11 is 0. The number of aliphatic hydroxyl groups is 12. The summed E-state index contributed by atoms with van der Waals surface area (Å²) in [7, 11) is 15.4. The van der Waals surface area contributed by atoms with Crippen molar-refractivity contribution in [2.75, 3.05) is 75.9 Å². The first-order valence-corrected chi connectivity index (χ1v) is 35.7. The summed E-state index contributed by atoms with van der Waals surface area (Å²) in [5, 5.41) is 111. The smallest absolute Gasteiger partial charge is 0.305 e. The molecule has 0 bridgehead atoms. The molecule has 4 heterocycles. The Morgan fingerprint density at radius 3 is 0.882 bits per heavy atom. The second kappa shape index (κ2) is 48.7. The fourth-order valence-electron chi connectivity index (χ4n) is 6.82. The standard InChI is InChI=1S/C13H24O6S2.2C12H22O5S2.C11H20O4S2/c14-7-10(15)13(18)11(16)8-19-12(17)4-2-1-3-9-5-6-20-21-9;2*13-7-10(14)11(15)8-17-12(16)4-2-1-3-9-5-6-18-19-9;12-7-9(13)8-15-11(14)4-2-1-3-10-5-6-16-17-10/h9-11,13-16,18H,1-8H2;2*9-11,13-15H,1-8H2;9-10,12-13H,1-8H2/t9-,10-,11+,13-;9-,10+,11-;9-,10-,11+;9?,10-/m1111/s1. The molecule has 4 fully saturated rings. The lowest BCUT2D eigenvalue weighted by atomic mass is 10.1. The van der Waals surface area contributed by atoms with Crippen molar-refractivity contribution < 1.29 is 99.4 Å². The molecule has 0 aromatic rings. The monoisotopic (exact) mass is 1240 g/mol. The van der Waals surface area contributed by atoms with E-state index in [0.717, 1.165) is 86.4 Å². The molecule has 12 N–H and O–H groups in total. The second-order valence-corrected chi connectivity index (χ2v) is 29.5. The van der Waals surface area contributed by atoms with Gasteiger partial charge in [-0.2, -0.15) is 0 Å². The fourth-order valence-corrected chi connectivity index (χ4v) is 18.9. The topological polar surface area (TPSA) is 348 Å². The van der Waals surface area contributed by atoms with Gasteiger partial charge in [-0.05, 0) is 77.0 Å². The molecule has 0 aliphatic carbocycles. The first-order valence-electron chi connectivity index (χ1n) is 26.2. The van der Waals surface area contributed by atoms with Gasteiger partial charge in [0.2, 0.25) is 0 Å². The lowest BCUT2D eigenvalue weighted by Gasteiger charge is -2.21. The van der Waals surface area contributed by atoms with Gasteiger partial charge in [0.05, 0.1) is 26.4 Å². The van der Waals surface area contributed by atoms with Crippen LogP contribution in [0.2, 0.25) is 0 Å². The molecule has 0 spiro atoms. The van der Waals surface area contributed by atoms with E-state index in [4.69, 9.17) is 59.8 Å². The Morgan fingerprint density at radius 1 is 0.355 bits per heavy atom. The summed E-state index contributed by atoms with van der Waals surface area (Å²) in [6.07, 6.45) is 7.87. The molecule has 4 rings (SSSR count). The molecule has 1 unspecified atom stereocenters. The molecule has 4 saturated heterocycles. The van der Waals surface area contributed by atoms with Gasteiger partial charge in [0, 0.05) is 69.7 Å². The van der Waals surface area contributed by atoms with Gasteiger partial charge in [0.15, 0.2) is 0 Å². The molecule has 4 aliphatic rings. The van der Waals surface area contributed by atoms with Gasteiger partial charge in [0.1, 0.15) is 75.3 Å². The molecule has 20 nitrogen and oxygen atoms in total. The minimum Gasteiger partial charge on any atom is -0.463 e. The van der Waals surface area contributed by atoms with Crippen molar-refractivity contribution in [3.63, 3.8) is 0 Å². The number of aliphatic hydroxyl groups excluding tert-OH is 12. The number of hydrogen-bond acceptors (Lipinski definition) is 28. The molecule has 4 aliphatic heterocycles. The Morgan fingerprint density at radius 2 is 0.632 bits per heavy atom. The Labute approximate surface area is 480 Å². The molecule has 0 aromatic heterocycles.